The fourth-order valence-electron chi connectivity index (χ4n) is 5.54. The molecule has 0 aromatic heterocycles. The molecule has 0 amide bonds. The van der Waals surface area contributed by atoms with Gasteiger partial charge in [-0.1, -0.05) is 139 Å². The Morgan fingerprint density at radius 1 is 0.550 bits per heavy atom. The number of phosphoric acid groups is 2. The van der Waals surface area contributed by atoms with Gasteiger partial charge in [0.25, 0.3) is 0 Å². The number of allylic oxidation sites excluding steroid dienone is 8. The average molecular weight is 893 g/mol. The number of unbranched alkanes of at least 4 members (excludes halogenated alkanes) is 15. The number of rotatable bonds is 41. The summed E-state index contributed by atoms with van der Waals surface area (Å²) >= 11 is 0. The lowest BCUT2D eigenvalue weighted by Gasteiger charge is -2.20. The molecule has 1 unspecified atom stereocenters. The number of esters is 2. The molecule has 0 spiro atoms. The molecule has 0 aliphatic heterocycles. The maximum Gasteiger partial charge on any atom is 0.472 e. The number of aliphatic hydroxyl groups is 2. The first-order valence-electron chi connectivity index (χ1n) is 22.1. The molecule has 0 aliphatic carbocycles. The third kappa shape index (κ3) is 42.5. The molecular formula is C44H78O14P2. The van der Waals surface area contributed by atoms with Crippen molar-refractivity contribution in [3.63, 3.8) is 0 Å². The predicted octanol–water partition coefficient (Wildman–Crippen LogP) is 10.2. The fraction of sp³-hybridized carbons (Fsp3) is 0.727. The van der Waals surface area contributed by atoms with Gasteiger partial charge in [0.2, 0.25) is 0 Å². The molecule has 0 aromatic carbocycles. The van der Waals surface area contributed by atoms with Crippen molar-refractivity contribution in [3.8, 4) is 0 Å². The number of hydrogen-bond donors (Lipinski definition) is 5. The Balaban J connectivity index is 4.69. The standard InChI is InChI=1S/C44H78O14P2/c1-3-5-7-9-11-12-13-14-15-16-17-18-22-26-30-34-43(47)54-38-42(39-57-60(52,53)56-37-41(46)36-55-59(49,50)51)58-44(48)35-31-27-23-20-19-21-25-29-33-40(45)32-28-24-10-8-6-4-2/h14-15,20-21,23-25,28-29,33,40-42,45-46H,3-13,16-19,22,26-27,30-32,34-39H2,1-2H3,(H,52,53)(H2,49,50,51)/b15-14-,23-20-,25-21-,28-24-,33-29+/t40-,41-,42+/m0/s1. The lowest BCUT2D eigenvalue weighted by Crippen LogP contribution is -2.29. The van der Waals surface area contributed by atoms with Crippen LogP contribution in [0.3, 0.4) is 0 Å². The van der Waals surface area contributed by atoms with E-state index < -0.39 is 72.3 Å². The number of carbonyl (C=O) groups is 2. The molecule has 14 nitrogen and oxygen atoms in total. The molecule has 0 bridgehead atoms. The zero-order valence-corrected chi connectivity index (χ0v) is 38.2. The van der Waals surface area contributed by atoms with Crippen LogP contribution in [0.4, 0.5) is 0 Å². The van der Waals surface area contributed by atoms with E-state index in [1.54, 1.807) is 6.08 Å². The van der Waals surface area contributed by atoms with Crippen molar-refractivity contribution in [2.75, 3.05) is 26.4 Å². The zero-order valence-electron chi connectivity index (χ0n) is 36.4. The van der Waals surface area contributed by atoms with Crippen molar-refractivity contribution < 1.29 is 66.7 Å². The van der Waals surface area contributed by atoms with Crippen molar-refractivity contribution in [3.05, 3.63) is 60.8 Å². The molecule has 4 atom stereocenters. The van der Waals surface area contributed by atoms with Gasteiger partial charge in [0.1, 0.15) is 12.7 Å². The molecule has 0 saturated heterocycles. The first kappa shape index (κ1) is 57.8. The molecule has 0 aliphatic rings. The fourth-order valence-corrected chi connectivity index (χ4v) is 6.69. The van der Waals surface area contributed by atoms with E-state index in [4.69, 9.17) is 23.8 Å². The molecule has 348 valence electrons. The summed E-state index contributed by atoms with van der Waals surface area (Å²) in [6, 6.07) is 0. The van der Waals surface area contributed by atoms with E-state index in [-0.39, 0.29) is 12.8 Å². The maximum atomic E-state index is 12.6. The first-order valence-corrected chi connectivity index (χ1v) is 25.1. The normalized spacial score (nSPS) is 15.1. The predicted molar refractivity (Wildman–Crippen MR) is 236 cm³/mol. The van der Waals surface area contributed by atoms with E-state index in [2.05, 4.69) is 41.1 Å². The first-order chi connectivity index (χ1) is 28.8. The van der Waals surface area contributed by atoms with Crippen LogP contribution in [0.2, 0.25) is 0 Å². The van der Waals surface area contributed by atoms with Crippen molar-refractivity contribution in [2.45, 2.75) is 180 Å². The van der Waals surface area contributed by atoms with E-state index in [1.807, 2.05) is 36.5 Å². The van der Waals surface area contributed by atoms with Gasteiger partial charge in [0.05, 0.1) is 25.9 Å². The number of phosphoric ester groups is 2. The number of carbonyl (C=O) groups excluding carboxylic acids is 2. The van der Waals surface area contributed by atoms with Crippen LogP contribution in [-0.4, -0.2) is 81.6 Å². The highest BCUT2D eigenvalue weighted by molar-refractivity contribution is 7.47. The topological polar surface area (TPSA) is 216 Å². The lowest BCUT2D eigenvalue weighted by molar-refractivity contribution is -0.161. The highest BCUT2D eigenvalue weighted by atomic mass is 31.2. The summed E-state index contributed by atoms with van der Waals surface area (Å²) in [4.78, 5) is 52.7. The largest absolute Gasteiger partial charge is 0.472 e. The SMILES string of the molecule is CCCCC/C=C\C[C@H](O)/C=C/C=C\C/C=C\CCCC(=O)O[C@H](COC(=O)CCCCCCC/C=C\CCCCCCCC)COP(=O)(O)OC[C@@H](O)COP(=O)(O)O. The third-order valence-electron chi connectivity index (χ3n) is 8.95. The Bertz CT molecular complexity index is 1310. The van der Waals surface area contributed by atoms with Crippen molar-refractivity contribution in [2.24, 2.45) is 0 Å². The van der Waals surface area contributed by atoms with Crippen LogP contribution in [0.1, 0.15) is 162 Å². The number of aliphatic hydroxyl groups excluding tert-OH is 2. The van der Waals surface area contributed by atoms with E-state index >= 15 is 0 Å². The summed E-state index contributed by atoms with van der Waals surface area (Å²) in [7, 11) is -9.72. The van der Waals surface area contributed by atoms with Gasteiger partial charge in [-0.15, -0.1) is 0 Å². The van der Waals surface area contributed by atoms with Crippen LogP contribution < -0.4 is 0 Å². The summed E-state index contributed by atoms with van der Waals surface area (Å²) in [5.74, 6) is -1.15. The Hall–Kier alpha value is -2.22. The molecule has 0 radical (unpaired) electrons. The van der Waals surface area contributed by atoms with Crippen LogP contribution in [0, 0.1) is 0 Å². The van der Waals surface area contributed by atoms with Crippen LogP contribution in [0.25, 0.3) is 0 Å². The molecular weight excluding hydrogens is 814 g/mol. The van der Waals surface area contributed by atoms with Gasteiger partial charge in [-0.05, 0) is 70.6 Å². The Morgan fingerprint density at radius 2 is 1.07 bits per heavy atom. The smallest absolute Gasteiger partial charge is 0.462 e. The van der Waals surface area contributed by atoms with E-state index in [0.29, 0.717) is 32.1 Å². The van der Waals surface area contributed by atoms with Crippen molar-refractivity contribution >= 4 is 27.6 Å². The van der Waals surface area contributed by atoms with Gasteiger partial charge in [0.15, 0.2) is 6.10 Å². The second-order valence-electron chi connectivity index (χ2n) is 14.8. The highest BCUT2D eigenvalue weighted by Gasteiger charge is 2.28. The minimum atomic E-state index is -4.88. The second-order valence-corrected chi connectivity index (χ2v) is 17.5. The van der Waals surface area contributed by atoms with Gasteiger partial charge in [-0.2, -0.15) is 0 Å². The van der Waals surface area contributed by atoms with Crippen LogP contribution >= 0.6 is 15.6 Å². The summed E-state index contributed by atoms with van der Waals surface area (Å²) in [5.41, 5.74) is 0. The monoisotopic (exact) mass is 892 g/mol. The van der Waals surface area contributed by atoms with Gasteiger partial charge in [-0.3, -0.25) is 23.2 Å². The van der Waals surface area contributed by atoms with E-state index in [9.17, 15) is 33.8 Å². The summed E-state index contributed by atoms with van der Waals surface area (Å²) in [6.07, 6.45) is 38.2. The van der Waals surface area contributed by atoms with Crippen LogP contribution in [-0.2, 0) is 41.8 Å². The molecule has 0 heterocycles. The molecule has 5 N–H and O–H groups in total. The summed E-state index contributed by atoms with van der Waals surface area (Å²) in [6.45, 7) is 1.56. The zero-order chi connectivity index (χ0) is 44.6. The molecule has 0 fully saturated rings. The quantitative estimate of drug-likeness (QED) is 0.0127. The van der Waals surface area contributed by atoms with Gasteiger partial charge in [-0.25, -0.2) is 9.13 Å². The Kier molecular flexibility index (Phi) is 38.1. The average Bonchev–Trinajstić information content (AvgIpc) is 3.20. The van der Waals surface area contributed by atoms with Gasteiger partial charge >= 0.3 is 27.6 Å². The Morgan fingerprint density at radius 3 is 1.73 bits per heavy atom. The number of ether oxygens (including phenoxy) is 2. The summed E-state index contributed by atoms with van der Waals surface area (Å²) < 4.78 is 47.7. The van der Waals surface area contributed by atoms with Crippen LogP contribution in [0.5, 0.6) is 0 Å². The number of hydrogen-bond acceptors (Lipinski definition) is 11. The minimum Gasteiger partial charge on any atom is -0.462 e. The van der Waals surface area contributed by atoms with Crippen LogP contribution in [0.15, 0.2) is 60.8 Å². The Labute approximate surface area is 360 Å². The third-order valence-corrected chi connectivity index (χ3v) is 10.4. The van der Waals surface area contributed by atoms with Crippen molar-refractivity contribution in [1.82, 2.24) is 0 Å². The van der Waals surface area contributed by atoms with Gasteiger partial charge < -0.3 is 34.4 Å². The minimum absolute atomic E-state index is 0.0201. The van der Waals surface area contributed by atoms with E-state index in [0.717, 1.165) is 44.9 Å². The van der Waals surface area contributed by atoms with Crippen molar-refractivity contribution in [1.29, 1.82) is 0 Å². The molecule has 60 heavy (non-hydrogen) atoms. The molecule has 0 rings (SSSR count). The van der Waals surface area contributed by atoms with E-state index in [1.165, 1.54) is 57.8 Å². The lowest BCUT2D eigenvalue weighted by atomic mass is 10.1. The molecule has 0 aromatic rings. The second kappa shape index (κ2) is 39.6. The summed E-state index contributed by atoms with van der Waals surface area (Å²) in [5, 5.41) is 19.8. The molecule has 16 heteroatoms. The maximum absolute atomic E-state index is 12.6. The molecule has 0 saturated carbocycles. The highest BCUT2D eigenvalue weighted by Crippen LogP contribution is 2.43. The van der Waals surface area contributed by atoms with Gasteiger partial charge in [0, 0.05) is 12.8 Å².